The Hall–Kier alpha value is -0.730. The van der Waals surface area contributed by atoms with Crippen LogP contribution >= 0.6 is 0 Å². The van der Waals surface area contributed by atoms with E-state index in [1.165, 1.54) is 71.3 Å². The Balaban J connectivity index is 3.70. The maximum Gasteiger partial charge on any atom is 0.409 e. The van der Waals surface area contributed by atoms with Gasteiger partial charge in [-0.25, -0.2) is 4.79 Å². The van der Waals surface area contributed by atoms with E-state index < -0.39 is 0 Å². The van der Waals surface area contributed by atoms with Gasteiger partial charge in [-0.2, -0.15) is 0 Å². The van der Waals surface area contributed by atoms with Crippen molar-refractivity contribution in [3.63, 3.8) is 0 Å². The van der Waals surface area contributed by atoms with Crippen LogP contribution in [0.15, 0.2) is 0 Å². The molecule has 0 radical (unpaired) electrons. The largest absolute Gasteiger partial charge is 0.453 e. The Morgan fingerprint density at radius 1 is 0.714 bits per heavy atom. The lowest BCUT2D eigenvalue weighted by atomic mass is 10.1. The Kier molecular flexibility index (Phi) is 15.1. The maximum absolute atomic E-state index is 11.7. The van der Waals surface area contributed by atoms with Crippen molar-refractivity contribution in [2.45, 2.75) is 90.9 Å². The minimum absolute atomic E-state index is 0.155. The standard InChI is InChI=1S/C18H37NO2/c1-4-6-8-10-12-14-16-19(18(20)21-3)17-15-13-11-9-7-5-2/h4-17H2,1-3H3. The quantitative estimate of drug-likeness (QED) is 0.381. The highest BCUT2D eigenvalue weighted by Gasteiger charge is 2.12. The number of amides is 1. The van der Waals surface area contributed by atoms with Crippen molar-refractivity contribution < 1.29 is 9.53 Å². The molecular formula is C18H37NO2. The third-order valence-electron chi connectivity index (χ3n) is 4.00. The molecule has 0 atom stereocenters. The molecule has 0 aromatic rings. The summed E-state index contributed by atoms with van der Waals surface area (Å²) in [4.78, 5) is 13.6. The SMILES string of the molecule is CCCCCCCCN(CCCCCCCC)C(=O)OC. The predicted molar refractivity (Wildman–Crippen MR) is 90.7 cm³/mol. The fourth-order valence-electron chi connectivity index (χ4n) is 2.59. The van der Waals surface area contributed by atoms with Crippen LogP contribution in [0.25, 0.3) is 0 Å². The summed E-state index contributed by atoms with van der Waals surface area (Å²) in [7, 11) is 1.48. The second-order valence-corrected chi connectivity index (χ2v) is 5.99. The molecule has 21 heavy (non-hydrogen) atoms. The zero-order valence-electron chi connectivity index (χ0n) is 14.7. The average Bonchev–Trinajstić information content (AvgIpc) is 2.51. The van der Waals surface area contributed by atoms with Crippen molar-refractivity contribution in [1.29, 1.82) is 0 Å². The molecule has 0 aliphatic rings. The van der Waals surface area contributed by atoms with Gasteiger partial charge in [0, 0.05) is 13.1 Å². The van der Waals surface area contributed by atoms with E-state index in [0.717, 1.165) is 25.9 Å². The van der Waals surface area contributed by atoms with E-state index >= 15 is 0 Å². The molecule has 0 spiro atoms. The van der Waals surface area contributed by atoms with Gasteiger partial charge in [0.2, 0.25) is 0 Å². The molecule has 3 heteroatoms. The van der Waals surface area contributed by atoms with Gasteiger partial charge in [-0.1, -0.05) is 78.1 Å². The van der Waals surface area contributed by atoms with E-state index in [1.807, 2.05) is 4.90 Å². The molecule has 0 bridgehead atoms. The van der Waals surface area contributed by atoms with Gasteiger partial charge in [0.25, 0.3) is 0 Å². The van der Waals surface area contributed by atoms with Crippen LogP contribution in [-0.4, -0.2) is 31.2 Å². The van der Waals surface area contributed by atoms with Gasteiger partial charge in [0.15, 0.2) is 0 Å². The monoisotopic (exact) mass is 299 g/mol. The van der Waals surface area contributed by atoms with E-state index in [1.54, 1.807) is 0 Å². The van der Waals surface area contributed by atoms with Crippen LogP contribution < -0.4 is 0 Å². The van der Waals surface area contributed by atoms with Gasteiger partial charge in [-0.05, 0) is 12.8 Å². The fourth-order valence-corrected chi connectivity index (χ4v) is 2.59. The van der Waals surface area contributed by atoms with Crippen LogP contribution in [0.5, 0.6) is 0 Å². The van der Waals surface area contributed by atoms with Gasteiger partial charge in [-0.15, -0.1) is 0 Å². The minimum Gasteiger partial charge on any atom is -0.453 e. The third kappa shape index (κ3) is 12.7. The normalized spacial score (nSPS) is 10.6. The second kappa shape index (κ2) is 15.7. The number of hydrogen-bond acceptors (Lipinski definition) is 2. The molecular weight excluding hydrogens is 262 g/mol. The first-order valence-corrected chi connectivity index (χ1v) is 9.09. The van der Waals surface area contributed by atoms with Gasteiger partial charge >= 0.3 is 6.09 Å². The van der Waals surface area contributed by atoms with Crippen LogP contribution in [-0.2, 0) is 4.74 Å². The molecule has 0 aliphatic carbocycles. The van der Waals surface area contributed by atoms with E-state index in [4.69, 9.17) is 4.74 Å². The number of unbranched alkanes of at least 4 members (excludes halogenated alkanes) is 10. The predicted octanol–water partition coefficient (Wildman–Crippen LogP) is 5.78. The van der Waals surface area contributed by atoms with Gasteiger partial charge < -0.3 is 9.64 Å². The van der Waals surface area contributed by atoms with Crippen molar-refractivity contribution in [2.24, 2.45) is 0 Å². The van der Waals surface area contributed by atoms with E-state index in [2.05, 4.69) is 13.8 Å². The summed E-state index contributed by atoms with van der Waals surface area (Å²) in [6.07, 6.45) is 15.0. The van der Waals surface area contributed by atoms with Crippen LogP contribution in [0.1, 0.15) is 90.9 Å². The molecule has 1 amide bonds. The van der Waals surface area contributed by atoms with Gasteiger partial charge in [-0.3, -0.25) is 0 Å². The van der Waals surface area contributed by atoms with E-state index in [0.29, 0.717) is 0 Å². The minimum atomic E-state index is -0.155. The first-order chi connectivity index (χ1) is 10.3. The maximum atomic E-state index is 11.7. The molecule has 0 rings (SSSR count). The van der Waals surface area contributed by atoms with E-state index in [9.17, 15) is 4.79 Å². The summed E-state index contributed by atoms with van der Waals surface area (Å²) in [5.41, 5.74) is 0. The Morgan fingerprint density at radius 3 is 1.48 bits per heavy atom. The highest BCUT2D eigenvalue weighted by atomic mass is 16.5. The van der Waals surface area contributed by atoms with Crippen molar-refractivity contribution in [1.82, 2.24) is 4.90 Å². The van der Waals surface area contributed by atoms with Crippen LogP contribution in [0.2, 0.25) is 0 Å². The number of ether oxygens (including phenoxy) is 1. The Morgan fingerprint density at radius 2 is 1.10 bits per heavy atom. The topological polar surface area (TPSA) is 29.5 Å². The van der Waals surface area contributed by atoms with Crippen LogP contribution in [0.4, 0.5) is 4.79 Å². The first-order valence-electron chi connectivity index (χ1n) is 9.09. The van der Waals surface area contributed by atoms with Crippen molar-refractivity contribution in [2.75, 3.05) is 20.2 Å². The van der Waals surface area contributed by atoms with Crippen molar-refractivity contribution in [3.8, 4) is 0 Å². The zero-order chi connectivity index (χ0) is 15.8. The molecule has 0 aromatic carbocycles. The number of carbonyl (C=O) groups is 1. The van der Waals surface area contributed by atoms with Crippen molar-refractivity contribution in [3.05, 3.63) is 0 Å². The Labute approximate surface area is 132 Å². The summed E-state index contributed by atoms with van der Waals surface area (Å²) >= 11 is 0. The third-order valence-corrected chi connectivity index (χ3v) is 4.00. The molecule has 0 N–H and O–H groups in total. The summed E-state index contributed by atoms with van der Waals surface area (Å²) in [5.74, 6) is 0. The lowest BCUT2D eigenvalue weighted by molar-refractivity contribution is 0.121. The second-order valence-electron chi connectivity index (χ2n) is 5.99. The average molecular weight is 299 g/mol. The van der Waals surface area contributed by atoms with Gasteiger partial charge in [0.05, 0.1) is 7.11 Å². The van der Waals surface area contributed by atoms with Crippen LogP contribution in [0, 0.1) is 0 Å². The smallest absolute Gasteiger partial charge is 0.409 e. The highest BCUT2D eigenvalue weighted by molar-refractivity contribution is 5.67. The number of nitrogens with zero attached hydrogens (tertiary/aromatic N) is 1. The molecule has 126 valence electrons. The molecule has 0 heterocycles. The number of hydrogen-bond donors (Lipinski definition) is 0. The summed E-state index contributed by atoms with van der Waals surface area (Å²) in [6, 6.07) is 0. The highest BCUT2D eigenvalue weighted by Crippen LogP contribution is 2.09. The number of rotatable bonds is 14. The molecule has 0 aliphatic heterocycles. The Bertz CT molecular complexity index is 215. The van der Waals surface area contributed by atoms with Crippen molar-refractivity contribution >= 4 is 6.09 Å². The van der Waals surface area contributed by atoms with Gasteiger partial charge in [0.1, 0.15) is 0 Å². The fraction of sp³-hybridized carbons (Fsp3) is 0.944. The first kappa shape index (κ1) is 20.3. The zero-order valence-corrected chi connectivity index (χ0v) is 14.7. The van der Waals surface area contributed by atoms with E-state index in [-0.39, 0.29) is 6.09 Å². The number of methoxy groups -OCH3 is 1. The molecule has 0 fully saturated rings. The van der Waals surface area contributed by atoms with Crippen LogP contribution in [0.3, 0.4) is 0 Å². The summed E-state index contributed by atoms with van der Waals surface area (Å²) in [5, 5.41) is 0. The lowest BCUT2D eigenvalue weighted by Gasteiger charge is -2.21. The summed E-state index contributed by atoms with van der Waals surface area (Å²) < 4.78 is 4.89. The molecule has 0 unspecified atom stereocenters. The molecule has 0 saturated heterocycles. The summed E-state index contributed by atoms with van der Waals surface area (Å²) in [6.45, 7) is 6.18. The lowest BCUT2D eigenvalue weighted by Crippen LogP contribution is -2.32. The molecule has 0 aromatic heterocycles. The number of carbonyl (C=O) groups excluding carboxylic acids is 1. The molecule has 3 nitrogen and oxygen atoms in total. The molecule has 0 saturated carbocycles.